The topological polar surface area (TPSA) is 95.6 Å². The third-order valence-corrected chi connectivity index (χ3v) is 5.62. The summed E-state index contributed by atoms with van der Waals surface area (Å²) in [5.74, 6) is 0.579. The standard InChI is InChI=1S/C15H21N3O4S2/c1-3-24(21,22)17-12-6-4-11(5-7-12)10-18-14(19)13(8-9-23-2)16-15(18)20/h4-7,13,17H,3,8-10H2,1-2H3,(H,16,20)/t13-/m0/s1. The molecule has 1 aromatic carbocycles. The van der Waals surface area contributed by atoms with Gasteiger partial charge in [0.25, 0.3) is 5.91 Å². The maximum atomic E-state index is 12.3. The molecule has 2 rings (SSSR count). The fourth-order valence-electron chi connectivity index (χ4n) is 2.27. The zero-order valence-corrected chi connectivity index (χ0v) is 15.2. The van der Waals surface area contributed by atoms with E-state index in [4.69, 9.17) is 0 Å². The fraction of sp³-hybridized carbons (Fsp3) is 0.467. The zero-order valence-electron chi connectivity index (χ0n) is 13.6. The number of carbonyl (C=O) groups excluding carboxylic acids is 2. The lowest BCUT2D eigenvalue weighted by atomic mass is 10.2. The first-order chi connectivity index (χ1) is 11.4. The number of nitrogens with zero attached hydrogens (tertiary/aromatic N) is 1. The SMILES string of the molecule is CCS(=O)(=O)Nc1ccc(CN2C(=O)N[C@@H](CCSC)C2=O)cc1. The van der Waals surface area contributed by atoms with Crippen LogP contribution in [0.2, 0.25) is 0 Å². The zero-order chi connectivity index (χ0) is 17.7. The Kier molecular flexibility index (Phi) is 6.11. The lowest BCUT2D eigenvalue weighted by molar-refractivity contribution is -0.127. The van der Waals surface area contributed by atoms with Crippen LogP contribution in [0.1, 0.15) is 18.9 Å². The van der Waals surface area contributed by atoms with Crippen molar-refractivity contribution < 1.29 is 18.0 Å². The molecule has 0 aromatic heterocycles. The number of anilines is 1. The van der Waals surface area contributed by atoms with E-state index in [1.807, 2.05) is 6.26 Å². The van der Waals surface area contributed by atoms with E-state index in [1.54, 1.807) is 43.0 Å². The van der Waals surface area contributed by atoms with Crippen LogP contribution in [0, 0.1) is 0 Å². The molecule has 1 aliphatic rings. The van der Waals surface area contributed by atoms with E-state index in [0.29, 0.717) is 12.1 Å². The molecular formula is C15H21N3O4S2. The average Bonchev–Trinajstić information content (AvgIpc) is 2.82. The lowest BCUT2D eigenvalue weighted by Gasteiger charge is -2.13. The molecule has 1 fully saturated rings. The van der Waals surface area contributed by atoms with Gasteiger partial charge in [0.2, 0.25) is 10.0 Å². The summed E-state index contributed by atoms with van der Waals surface area (Å²) in [6, 6.07) is 5.79. The van der Waals surface area contributed by atoms with Crippen LogP contribution in [0.4, 0.5) is 10.5 Å². The van der Waals surface area contributed by atoms with Crippen molar-refractivity contribution in [1.82, 2.24) is 10.2 Å². The summed E-state index contributed by atoms with van der Waals surface area (Å²) < 4.78 is 25.5. The van der Waals surface area contributed by atoms with Crippen LogP contribution in [0.5, 0.6) is 0 Å². The summed E-state index contributed by atoms with van der Waals surface area (Å²) in [6.07, 6.45) is 2.56. The monoisotopic (exact) mass is 371 g/mol. The quantitative estimate of drug-likeness (QED) is 0.677. The number of amides is 3. The number of imide groups is 1. The van der Waals surface area contributed by atoms with E-state index in [2.05, 4.69) is 10.0 Å². The number of hydrogen-bond acceptors (Lipinski definition) is 5. The van der Waals surface area contributed by atoms with Crippen LogP contribution in [-0.4, -0.2) is 49.1 Å². The van der Waals surface area contributed by atoms with Crippen LogP contribution in [0.15, 0.2) is 24.3 Å². The van der Waals surface area contributed by atoms with Gasteiger partial charge in [0.1, 0.15) is 6.04 Å². The molecule has 0 radical (unpaired) electrons. The number of urea groups is 1. The van der Waals surface area contributed by atoms with E-state index >= 15 is 0 Å². The molecular weight excluding hydrogens is 350 g/mol. The van der Waals surface area contributed by atoms with E-state index in [9.17, 15) is 18.0 Å². The van der Waals surface area contributed by atoms with E-state index in [1.165, 1.54) is 4.90 Å². The lowest BCUT2D eigenvalue weighted by Crippen LogP contribution is -2.31. The van der Waals surface area contributed by atoms with Gasteiger partial charge in [-0.25, -0.2) is 13.2 Å². The second-order valence-electron chi connectivity index (χ2n) is 5.41. The summed E-state index contributed by atoms with van der Waals surface area (Å²) in [5.41, 5.74) is 1.21. The van der Waals surface area contributed by atoms with Gasteiger partial charge in [-0.2, -0.15) is 11.8 Å². The minimum absolute atomic E-state index is 0.00532. The first kappa shape index (κ1) is 18.6. The Bertz CT molecular complexity index is 704. The average molecular weight is 371 g/mol. The normalized spacial score (nSPS) is 17.9. The van der Waals surface area contributed by atoms with Gasteiger partial charge >= 0.3 is 6.03 Å². The molecule has 3 amide bonds. The van der Waals surface area contributed by atoms with Crippen molar-refractivity contribution in [3.05, 3.63) is 29.8 Å². The molecule has 24 heavy (non-hydrogen) atoms. The third kappa shape index (κ3) is 4.64. The number of thioether (sulfide) groups is 1. The molecule has 0 aliphatic carbocycles. The molecule has 1 aromatic rings. The predicted molar refractivity (Wildman–Crippen MR) is 95.4 cm³/mol. The molecule has 1 atom stereocenters. The van der Waals surface area contributed by atoms with Gasteiger partial charge in [-0.15, -0.1) is 0 Å². The van der Waals surface area contributed by atoms with Gasteiger partial charge in [0, 0.05) is 5.69 Å². The van der Waals surface area contributed by atoms with Crippen molar-refractivity contribution in [2.45, 2.75) is 25.9 Å². The summed E-state index contributed by atoms with van der Waals surface area (Å²) in [5, 5.41) is 2.69. The third-order valence-electron chi connectivity index (χ3n) is 3.67. The highest BCUT2D eigenvalue weighted by Crippen LogP contribution is 2.17. The molecule has 2 N–H and O–H groups in total. The summed E-state index contributed by atoms with van der Waals surface area (Å²) in [4.78, 5) is 25.4. The Labute approximate surface area is 146 Å². The van der Waals surface area contributed by atoms with Crippen LogP contribution in [0.25, 0.3) is 0 Å². The van der Waals surface area contributed by atoms with Gasteiger partial charge in [0.15, 0.2) is 0 Å². The summed E-state index contributed by atoms with van der Waals surface area (Å²) >= 11 is 1.63. The second kappa shape index (κ2) is 7.89. The summed E-state index contributed by atoms with van der Waals surface area (Å²) in [6.45, 7) is 1.73. The van der Waals surface area contributed by atoms with Crippen molar-refractivity contribution in [1.29, 1.82) is 0 Å². The molecule has 9 heteroatoms. The maximum Gasteiger partial charge on any atom is 0.325 e. The second-order valence-corrected chi connectivity index (χ2v) is 8.41. The van der Waals surface area contributed by atoms with Crippen LogP contribution in [-0.2, 0) is 21.4 Å². The Morgan fingerprint density at radius 3 is 2.50 bits per heavy atom. The number of carbonyl (C=O) groups is 2. The van der Waals surface area contributed by atoms with E-state index in [0.717, 1.165) is 11.3 Å². The highest BCUT2D eigenvalue weighted by Gasteiger charge is 2.37. The Hall–Kier alpha value is -1.74. The fourth-order valence-corrected chi connectivity index (χ4v) is 3.38. The van der Waals surface area contributed by atoms with E-state index < -0.39 is 16.1 Å². The first-order valence-electron chi connectivity index (χ1n) is 7.56. The summed E-state index contributed by atoms with van der Waals surface area (Å²) in [7, 11) is -3.32. The van der Waals surface area contributed by atoms with Crippen molar-refractivity contribution in [2.24, 2.45) is 0 Å². The Morgan fingerprint density at radius 1 is 1.25 bits per heavy atom. The van der Waals surface area contributed by atoms with E-state index in [-0.39, 0.29) is 24.2 Å². The van der Waals surface area contributed by atoms with Gasteiger partial charge in [-0.3, -0.25) is 14.4 Å². The van der Waals surface area contributed by atoms with Gasteiger partial charge in [-0.05, 0) is 43.0 Å². The molecule has 1 aliphatic heterocycles. The largest absolute Gasteiger partial charge is 0.326 e. The highest BCUT2D eigenvalue weighted by molar-refractivity contribution is 7.98. The number of hydrogen-bond donors (Lipinski definition) is 2. The molecule has 0 saturated carbocycles. The number of benzene rings is 1. The number of nitrogens with one attached hydrogen (secondary N) is 2. The van der Waals surface area contributed by atoms with Crippen LogP contribution >= 0.6 is 11.8 Å². The predicted octanol–water partition coefficient (Wildman–Crippen LogP) is 1.62. The van der Waals surface area contributed by atoms with Crippen LogP contribution < -0.4 is 10.0 Å². The van der Waals surface area contributed by atoms with Gasteiger partial charge in [-0.1, -0.05) is 12.1 Å². The molecule has 0 unspecified atom stereocenters. The molecule has 0 bridgehead atoms. The minimum atomic E-state index is -3.32. The van der Waals surface area contributed by atoms with Crippen LogP contribution in [0.3, 0.4) is 0 Å². The number of rotatable bonds is 8. The van der Waals surface area contributed by atoms with Crippen molar-refractivity contribution in [3.63, 3.8) is 0 Å². The maximum absolute atomic E-state index is 12.3. The van der Waals surface area contributed by atoms with Gasteiger partial charge < -0.3 is 5.32 Å². The van der Waals surface area contributed by atoms with Crippen molar-refractivity contribution in [2.75, 3.05) is 22.5 Å². The number of sulfonamides is 1. The van der Waals surface area contributed by atoms with Crippen molar-refractivity contribution >= 4 is 39.4 Å². The Morgan fingerprint density at radius 2 is 1.92 bits per heavy atom. The smallest absolute Gasteiger partial charge is 0.325 e. The molecule has 0 spiro atoms. The highest BCUT2D eigenvalue weighted by atomic mass is 32.2. The molecule has 1 heterocycles. The van der Waals surface area contributed by atoms with Gasteiger partial charge in [0.05, 0.1) is 12.3 Å². The Balaban J connectivity index is 2.01. The van der Waals surface area contributed by atoms with Crippen molar-refractivity contribution in [3.8, 4) is 0 Å². The first-order valence-corrected chi connectivity index (χ1v) is 10.6. The molecule has 132 valence electrons. The molecule has 7 nitrogen and oxygen atoms in total. The molecule has 1 saturated heterocycles. The minimum Gasteiger partial charge on any atom is -0.326 e.